The van der Waals surface area contributed by atoms with E-state index in [4.69, 9.17) is 10.7 Å². The lowest BCUT2D eigenvalue weighted by molar-refractivity contribution is -0.126. The number of para-hydroxylation sites is 1. The Morgan fingerprint density at radius 1 is 1.05 bits per heavy atom. The summed E-state index contributed by atoms with van der Waals surface area (Å²) in [6.45, 7) is 8.74. The second-order valence-corrected chi connectivity index (χ2v) is 11.6. The Hall–Kier alpha value is -3.87. The summed E-state index contributed by atoms with van der Waals surface area (Å²) in [5.74, 6) is 0.492. The maximum Gasteiger partial charge on any atom is 0.252 e. The zero-order chi connectivity index (χ0) is 25.9. The number of nitrogens with two attached hydrogens (primary N) is 1. The third-order valence-corrected chi connectivity index (χ3v) is 8.21. The predicted octanol–water partition coefficient (Wildman–Crippen LogP) is 5.14. The van der Waals surface area contributed by atoms with Crippen LogP contribution in [-0.2, 0) is 10.2 Å². The summed E-state index contributed by atoms with van der Waals surface area (Å²) in [6.07, 6.45) is 4.16. The summed E-state index contributed by atoms with van der Waals surface area (Å²) in [4.78, 5) is 38.4. The van der Waals surface area contributed by atoms with Crippen molar-refractivity contribution in [3.63, 3.8) is 0 Å². The number of aromatic amines is 1. The molecule has 0 aliphatic carbocycles. The minimum Gasteiger partial charge on any atom is -0.365 e. The van der Waals surface area contributed by atoms with Gasteiger partial charge in [-0.2, -0.15) is 0 Å². The van der Waals surface area contributed by atoms with Crippen molar-refractivity contribution >= 4 is 45.1 Å². The molecule has 0 radical (unpaired) electrons. The highest BCUT2D eigenvalue weighted by Gasteiger charge is 2.49. The number of rotatable bonds is 3. The summed E-state index contributed by atoms with van der Waals surface area (Å²) in [5.41, 5.74) is 9.56. The number of nitrogens with zero attached hydrogens (tertiary/aromatic N) is 3. The Labute approximate surface area is 216 Å². The van der Waals surface area contributed by atoms with Gasteiger partial charge in [0.15, 0.2) is 0 Å². The molecule has 4 heterocycles. The summed E-state index contributed by atoms with van der Waals surface area (Å²) in [5, 5.41) is 1.89. The van der Waals surface area contributed by atoms with E-state index in [2.05, 4.69) is 54.9 Å². The van der Waals surface area contributed by atoms with E-state index in [1.165, 1.54) is 5.56 Å². The number of fused-ring (bicyclic) bond motifs is 3. The van der Waals surface area contributed by atoms with E-state index in [0.717, 1.165) is 60.1 Å². The molecule has 0 bridgehead atoms. The number of carbonyl (C=O) groups is 2. The third-order valence-electron chi connectivity index (χ3n) is 8.21. The van der Waals surface area contributed by atoms with Crippen LogP contribution in [0.5, 0.6) is 0 Å². The summed E-state index contributed by atoms with van der Waals surface area (Å²) >= 11 is 0. The van der Waals surface area contributed by atoms with Gasteiger partial charge < -0.3 is 20.5 Å². The van der Waals surface area contributed by atoms with Crippen LogP contribution >= 0.6 is 0 Å². The first kappa shape index (κ1) is 23.5. The second-order valence-electron chi connectivity index (χ2n) is 11.6. The molecule has 3 N–H and O–H groups in total. The fourth-order valence-electron chi connectivity index (χ4n) is 6.16. The van der Waals surface area contributed by atoms with Gasteiger partial charge in [0.05, 0.1) is 21.9 Å². The largest absolute Gasteiger partial charge is 0.365 e. The number of hydrogen-bond acceptors (Lipinski definition) is 4. The monoisotopic (exact) mass is 495 g/mol. The van der Waals surface area contributed by atoms with Crippen LogP contribution in [0.1, 0.15) is 56.0 Å². The van der Waals surface area contributed by atoms with Crippen molar-refractivity contribution < 1.29 is 9.59 Å². The Morgan fingerprint density at radius 3 is 2.54 bits per heavy atom. The molecule has 1 unspecified atom stereocenters. The van der Waals surface area contributed by atoms with Crippen LogP contribution in [-0.4, -0.2) is 41.4 Å². The highest BCUT2D eigenvalue weighted by Crippen LogP contribution is 2.44. The molecule has 2 aromatic carbocycles. The molecule has 2 aromatic heterocycles. The number of piperidine rings is 1. The highest BCUT2D eigenvalue weighted by molar-refractivity contribution is 6.18. The topological polar surface area (TPSA) is 95.3 Å². The van der Waals surface area contributed by atoms with Crippen LogP contribution in [0.15, 0.2) is 54.7 Å². The minimum absolute atomic E-state index is 0.0729. The number of carbonyl (C=O) groups excluding carboxylic acids is 2. The lowest BCUT2D eigenvalue weighted by Gasteiger charge is -2.40. The molecule has 2 fully saturated rings. The average molecular weight is 496 g/mol. The molecule has 2 amide bonds. The van der Waals surface area contributed by atoms with Crippen molar-refractivity contribution in [1.82, 2.24) is 9.97 Å². The average Bonchev–Trinajstić information content (AvgIpc) is 3.41. The predicted molar refractivity (Wildman–Crippen MR) is 148 cm³/mol. The van der Waals surface area contributed by atoms with E-state index in [1.807, 2.05) is 29.2 Å². The van der Waals surface area contributed by atoms with E-state index in [-0.39, 0.29) is 11.3 Å². The first-order chi connectivity index (χ1) is 17.7. The smallest absolute Gasteiger partial charge is 0.252 e. The van der Waals surface area contributed by atoms with Crippen LogP contribution in [0, 0.1) is 5.41 Å². The van der Waals surface area contributed by atoms with Crippen molar-refractivity contribution in [2.75, 3.05) is 29.4 Å². The number of nitrogens with one attached hydrogen (secondary N) is 1. The van der Waals surface area contributed by atoms with Gasteiger partial charge in [-0.05, 0) is 48.4 Å². The second kappa shape index (κ2) is 8.33. The Balaban J connectivity index is 1.35. The molecule has 7 heteroatoms. The van der Waals surface area contributed by atoms with Crippen molar-refractivity contribution in [3.05, 3.63) is 65.9 Å². The first-order valence-electron chi connectivity index (χ1n) is 13.0. The van der Waals surface area contributed by atoms with E-state index < -0.39 is 11.3 Å². The maximum atomic E-state index is 13.9. The van der Waals surface area contributed by atoms with Gasteiger partial charge in [0.2, 0.25) is 5.91 Å². The first-order valence-corrected chi connectivity index (χ1v) is 13.0. The molecule has 37 heavy (non-hydrogen) atoms. The molecule has 6 rings (SSSR count). The third kappa shape index (κ3) is 3.76. The summed E-state index contributed by atoms with van der Waals surface area (Å²) < 4.78 is 0. The number of primary amides is 1. The molecule has 2 aliphatic heterocycles. The highest BCUT2D eigenvalue weighted by atomic mass is 16.2. The van der Waals surface area contributed by atoms with Crippen molar-refractivity contribution in [2.45, 2.75) is 45.4 Å². The molecule has 0 saturated carbocycles. The van der Waals surface area contributed by atoms with E-state index >= 15 is 0 Å². The number of benzene rings is 2. The molecule has 1 spiro atoms. The van der Waals surface area contributed by atoms with Crippen molar-refractivity contribution in [2.24, 2.45) is 11.1 Å². The number of anilines is 2. The van der Waals surface area contributed by atoms with Gasteiger partial charge in [0.25, 0.3) is 5.91 Å². The van der Waals surface area contributed by atoms with Crippen LogP contribution in [0.4, 0.5) is 11.5 Å². The molecule has 1 atom stereocenters. The van der Waals surface area contributed by atoms with E-state index in [9.17, 15) is 9.59 Å². The van der Waals surface area contributed by atoms with Crippen LogP contribution in [0.2, 0.25) is 0 Å². The van der Waals surface area contributed by atoms with Crippen LogP contribution in [0.25, 0.3) is 21.8 Å². The standard InChI is InChI=1S/C30H33N5O2/c1-29(2,3)19-9-11-20(12-10-19)35-16-14-30(28(35)37)13-6-15-34(18-30)27-24-21-7-4-5-8-23(21)33-25(24)22(17-32-27)26(31)36/h4-5,7-12,17,33H,6,13-16,18H2,1-3H3,(H2,31,36). The SMILES string of the molecule is CC(C)(C)c1ccc(N2CCC3(CCCN(c4ncc(C(N)=O)c5[nH]c6ccccc6c45)C3)C2=O)cc1. The summed E-state index contributed by atoms with van der Waals surface area (Å²) in [6, 6.07) is 16.4. The van der Waals surface area contributed by atoms with Gasteiger partial charge >= 0.3 is 0 Å². The van der Waals surface area contributed by atoms with Crippen LogP contribution in [0.3, 0.4) is 0 Å². The van der Waals surface area contributed by atoms with Crippen LogP contribution < -0.4 is 15.5 Å². The molecule has 190 valence electrons. The molecule has 4 aromatic rings. The fraction of sp³-hybridized carbons (Fsp3) is 0.367. The number of pyridine rings is 1. The molecule has 7 nitrogen and oxygen atoms in total. The van der Waals surface area contributed by atoms with Crippen molar-refractivity contribution in [3.8, 4) is 0 Å². The van der Waals surface area contributed by atoms with Gasteiger partial charge in [-0.15, -0.1) is 0 Å². The van der Waals surface area contributed by atoms with Gasteiger partial charge in [-0.25, -0.2) is 4.98 Å². The quantitative estimate of drug-likeness (QED) is 0.412. The molecular formula is C30H33N5O2. The van der Waals surface area contributed by atoms with Gasteiger partial charge in [0, 0.05) is 42.4 Å². The zero-order valence-corrected chi connectivity index (χ0v) is 21.7. The number of aromatic nitrogens is 2. The Morgan fingerprint density at radius 2 is 1.81 bits per heavy atom. The van der Waals surface area contributed by atoms with E-state index in [0.29, 0.717) is 17.6 Å². The van der Waals surface area contributed by atoms with Gasteiger partial charge in [-0.3, -0.25) is 9.59 Å². The Kier molecular flexibility index (Phi) is 5.30. The van der Waals surface area contributed by atoms with Gasteiger partial charge in [0.1, 0.15) is 5.82 Å². The Bertz CT molecular complexity index is 1530. The number of H-pyrrole nitrogens is 1. The fourth-order valence-corrected chi connectivity index (χ4v) is 6.16. The lowest BCUT2D eigenvalue weighted by atomic mass is 9.78. The summed E-state index contributed by atoms with van der Waals surface area (Å²) in [7, 11) is 0. The van der Waals surface area contributed by atoms with Gasteiger partial charge in [-0.1, -0.05) is 51.1 Å². The zero-order valence-electron chi connectivity index (χ0n) is 21.7. The minimum atomic E-state index is -0.509. The van der Waals surface area contributed by atoms with Crippen molar-refractivity contribution in [1.29, 1.82) is 0 Å². The molecule has 2 saturated heterocycles. The molecule has 2 aliphatic rings. The van der Waals surface area contributed by atoms with E-state index in [1.54, 1.807) is 6.20 Å². The lowest BCUT2D eigenvalue weighted by Crippen LogP contribution is -2.48. The molecular weight excluding hydrogens is 462 g/mol. The maximum absolute atomic E-state index is 13.9. The normalized spacial score (nSPS) is 20.5. The number of amides is 2. The number of hydrogen-bond donors (Lipinski definition) is 2.